The minimum Gasteiger partial charge on any atom is -0.508 e. The molecule has 0 radical (unpaired) electrons. The molecule has 4 aromatic carbocycles. The number of phenolic OH excluding ortho intramolecular Hbond substituents is 3. The van der Waals surface area contributed by atoms with Crippen LogP contribution in [0.4, 0.5) is 0 Å². The molecule has 11 N–H and O–H groups in total. The summed E-state index contributed by atoms with van der Waals surface area (Å²) < 4.78 is 19.9. The summed E-state index contributed by atoms with van der Waals surface area (Å²) in [6.07, 6.45) is 4.86. The highest BCUT2D eigenvalue weighted by atomic mass is 16.6. The Morgan fingerprint density at radius 2 is 1.72 bits per heavy atom. The number of aromatic amines is 2. The molecule has 12 atom stereocenters. The van der Waals surface area contributed by atoms with E-state index in [4.69, 9.17) is 14.2 Å². The number of rotatable bonds is 16. The van der Waals surface area contributed by atoms with E-state index in [9.17, 15) is 45.6 Å². The number of allylic oxidation sites excluding steroid dienone is 1. The van der Waals surface area contributed by atoms with Gasteiger partial charge in [-0.2, -0.15) is 0 Å². The molecule has 4 heterocycles. The molecule has 17 nitrogen and oxygen atoms in total. The maximum absolute atomic E-state index is 15.6. The van der Waals surface area contributed by atoms with Crippen LogP contribution in [0.1, 0.15) is 111 Å². The zero-order chi connectivity index (χ0) is 60.7. The fraction of sp³-hybridized carbons (Fsp3) is 0.457. The average Bonchev–Trinajstić information content (AvgIpc) is 1.60. The number of ether oxygens (including phenoxy) is 3. The lowest BCUT2D eigenvalue weighted by Crippen LogP contribution is -2.56. The van der Waals surface area contributed by atoms with E-state index in [0.29, 0.717) is 63.6 Å². The van der Waals surface area contributed by atoms with Gasteiger partial charge in [-0.1, -0.05) is 54.3 Å². The van der Waals surface area contributed by atoms with Crippen molar-refractivity contribution in [2.45, 2.75) is 133 Å². The first kappa shape index (κ1) is 59.8. The molecule has 0 amide bonds. The van der Waals surface area contributed by atoms with Gasteiger partial charge >= 0.3 is 5.97 Å². The Morgan fingerprint density at radius 1 is 0.885 bits per heavy atom. The van der Waals surface area contributed by atoms with Gasteiger partial charge in [0, 0.05) is 79.2 Å². The van der Waals surface area contributed by atoms with Gasteiger partial charge in [0.2, 0.25) is 0 Å². The average molecular weight is 1190 g/mol. The second-order valence-electron chi connectivity index (χ2n) is 25.5. The van der Waals surface area contributed by atoms with Gasteiger partial charge in [-0.05, 0) is 176 Å². The number of methoxy groups -OCH3 is 1. The van der Waals surface area contributed by atoms with Crippen molar-refractivity contribution < 1.29 is 64.7 Å². The minimum atomic E-state index is -1.38. The monoisotopic (exact) mass is 1180 g/mol. The number of aliphatic hydroxyl groups excluding tert-OH is 5. The number of phenols is 3. The number of carbonyl (C=O) groups excluding carboxylic acids is 2. The number of H-pyrrole nitrogens is 2. The van der Waals surface area contributed by atoms with Crippen molar-refractivity contribution in [1.29, 1.82) is 0 Å². The summed E-state index contributed by atoms with van der Waals surface area (Å²) in [7, 11) is 1.51. The van der Waals surface area contributed by atoms with Crippen LogP contribution < -0.4 is 14.8 Å². The Kier molecular flexibility index (Phi) is 17.1. The summed E-state index contributed by atoms with van der Waals surface area (Å²) in [5.74, 6) is 4.51. The van der Waals surface area contributed by atoms with Crippen molar-refractivity contribution in [3.8, 4) is 51.8 Å². The molecule has 5 aliphatic rings. The van der Waals surface area contributed by atoms with Gasteiger partial charge in [-0.25, -0.2) is 0 Å². The van der Waals surface area contributed by atoms with Crippen molar-refractivity contribution in [2.75, 3.05) is 33.5 Å². The Hall–Kier alpha value is -7.56. The molecule has 458 valence electrons. The molecule has 4 aliphatic carbocycles. The van der Waals surface area contributed by atoms with Crippen molar-refractivity contribution in [1.82, 2.24) is 19.9 Å². The molecule has 3 aromatic heterocycles. The number of aromatic hydroxyl groups is 3. The maximum atomic E-state index is 15.6. The summed E-state index contributed by atoms with van der Waals surface area (Å²) in [4.78, 5) is 36.7. The first-order valence-electron chi connectivity index (χ1n) is 30.9. The van der Waals surface area contributed by atoms with E-state index < -0.39 is 47.3 Å². The van der Waals surface area contributed by atoms with Crippen LogP contribution in [0.3, 0.4) is 0 Å². The predicted molar refractivity (Wildman–Crippen MR) is 329 cm³/mol. The first-order chi connectivity index (χ1) is 42.1. The number of cyclic esters (lactones) is 1. The number of aliphatic hydroxyl groups is 5. The van der Waals surface area contributed by atoms with Gasteiger partial charge in [0.1, 0.15) is 30.7 Å². The lowest BCUT2D eigenvalue weighted by molar-refractivity contribution is -0.155. The normalized spacial score (nSPS) is 27.1. The number of ketones is 1. The number of esters is 1. The van der Waals surface area contributed by atoms with Gasteiger partial charge in [-0.15, -0.1) is 0 Å². The largest absolute Gasteiger partial charge is 0.508 e. The third-order valence-electron chi connectivity index (χ3n) is 20.1. The van der Waals surface area contributed by atoms with Crippen LogP contribution in [0.25, 0.3) is 38.8 Å². The van der Waals surface area contributed by atoms with Crippen LogP contribution in [0.5, 0.6) is 28.7 Å². The lowest BCUT2D eigenvalue weighted by Gasteiger charge is -2.57. The minimum absolute atomic E-state index is 0.00559. The zero-order valence-corrected chi connectivity index (χ0v) is 49.4. The molecule has 87 heavy (non-hydrogen) atoms. The van der Waals surface area contributed by atoms with Crippen LogP contribution >= 0.6 is 0 Å². The van der Waals surface area contributed by atoms with Crippen LogP contribution in [-0.2, 0) is 33.7 Å². The second kappa shape index (κ2) is 24.9. The molecular weight excluding hydrogens is 1100 g/mol. The zero-order valence-electron chi connectivity index (χ0n) is 49.4. The number of nitrogens with one attached hydrogen (secondary N) is 3. The van der Waals surface area contributed by atoms with Crippen LogP contribution in [0, 0.1) is 46.8 Å². The van der Waals surface area contributed by atoms with E-state index in [2.05, 4.69) is 49.9 Å². The second-order valence-corrected chi connectivity index (χ2v) is 25.5. The topological polar surface area (TPSA) is 272 Å². The van der Waals surface area contributed by atoms with E-state index in [1.165, 1.54) is 13.2 Å². The number of carbonyl (C=O) groups is 2. The molecule has 12 rings (SSSR count). The summed E-state index contributed by atoms with van der Waals surface area (Å²) in [5, 5.41) is 94.0. The number of β-amino-alcohol motifs (C(OH)–C–C–N with tert-alkyl or cyclic N) is 1. The maximum Gasteiger partial charge on any atom is 0.318 e. The number of fused-ring (bicyclic) bond motifs is 10. The third kappa shape index (κ3) is 11.8. The van der Waals surface area contributed by atoms with Crippen molar-refractivity contribution in [3.05, 3.63) is 131 Å². The van der Waals surface area contributed by atoms with Crippen LogP contribution in [0.2, 0.25) is 0 Å². The number of aromatic nitrogens is 3. The van der Waals surface area contributed by atoms with Crippen molar-refractivity contribution in [2.24, 2.45) is 35.0 Å². The molecule has 0 saturated heterocycles. The highest BCUT2D eigenvalue weighted by molar-refractivity contribution is 5.94. The fourth-order valence-electron chi connectivity index (χ4n) is 16.6. The van der Waals surface area contributed by atoms with Crippen molar-refractivity contribution >= 4 is 39.3 Å². The Bertz CT molecular complexity index is 3770. The number of nitrogens with zero attached hydrogens (tertiary/aromatic N) is 1. The van der Waals surface area contributed by atoms with Crippen LogP contribution in [-0.4, -0.2) is 131 Å². The number of Topliss-reactive ketones (excluding diaryl/α,β-unsaturated/α-hetero) is 1. The SMILES string of the molecule is COc1cc2c(cc1O)C1=CC3CC4(CC(CCCO)C(Cn5c(-c6cccc(O)c6)cc6[nH]ccc65)(NCC(C)O)C4)C4CC(O)CCC4C3C2CC(=O)CC(C(O)Cc2ccc(O)c(OCCO)c2)OC(=O)CC#CCc2c1[nH]c1ccccc21. The smallest absolute Gasteiger partial charge is 0.318 e. The summed E-state index contributed by atoms with van der Waals surface area (Å²) in [6, 6.07) is 27.7. The molecule has 17 heteroatoms. The molecule has 1 spiro atoms. The Morgan fingerprint density at radius 3 is 2.53 bits per heavy atom. The molecule has 1 aliphatic heterocycles. The Labute approximate surface area is 506 Å². The molecular formula is C70H80N4O13. The first-order valence-corrected chi connectivity index (χ1v) is 30.9. The van der Waals surface area contributed by atoms with Crippen LogP contribution in [0.15, 0.2) is 103 Å². The van der Waals surface area contributed by atoms with E-state index in [-0.39, 0.29) is 116 Å². The summed E-state index contributed by atoms with van der Waals surface area (Å²) in [6.45, 7) is 2.22. The molecule has 3 fully saturated rings. The highest BCUT2D eigenvalue weighted by Crippen LogP contribution is 2.69. The molecule has 12 unspecified atom stereocenters. The highest BCUT2D eigenvalue weighted by Gasteiger charge is 2.64. The van der Waals surface area contributed by atoms with Gasteiger partial charge in [0.25, 0.3) is 0 Å². The van der Waals surface area contributed by atoms with E-state index in [1.54, 1.807) is 37.3 Å². The molecule has 7 aromatic rings. The Balaban J connectivity index is 1.03. The van der Waals surface area contributed by atoms with E-state index >= 15 is 4.79 Å². The van der Waals surface area contributed by atoms with Gasteiger partial charge in [0.05, 0.1) is 54.4 Å². The summed E-state index contributed by atoms with van der Waals surface area (Å²) in [5.41, 5.74) is 8.03. The number of benzene rings is 4. The van der Waals surface area contributed by atoms with Gasteiger partial charge in [0.15, 0.2) is 23.0 Å². The predicted octanol–water partition coefficient (Wildman–Crippen LogP) is 8.95. The van der Waals surface area contributed by atoms with Gasteiger partial charge < -0.3 is 74.9 Å². The van der Waals surface area contributed by atoms with Crippen molar-refractivity contribution in [3.63, 3.8) is 0 Å². The number of hydrogen-bond donors (Lipinski definition) is 11. The third-order valence-corrected chi connectivity index (χ3v) is 20.1. The lowest BCUT2D eigenvalue weighted by atomic mass is 9.47. The molecule has 2 bridgehead atoms. The number of hydrogen-bond acceptors (Lipinski definition) is 14. The quantitative estimate of drug-likeness (QED) is 0.0319. The number of para-hydroxylation sites is 1. The summed E-state index contributed by atoms with van der Waals surface area (Å²) >= 11 is 0. The standard InChI is InChI=1S/C70H80N4O13/c1-40(77)37-72-70(39-74-58-20-21-71-57(58)34-59(74)42-9-7-11-45(78)27-42)38-69(36-44(70)10-8-22-75)35-43-28-54-51-32-62(83)63(85-2)33-52(51)53(67(43)50-18-17-46(79)30-55(50)69)29-47(80)31-65(61(82)25-41-16-19-60(81)64(26-41)86-24-23-76)87-66(84)15-6-4-13-49-48-12-3-5-14-56(48)73-68(49)54/h3,5,7,9,11-12,14,16,19-21,26-28,32-34,40,43-44,46,50,53,55,61,65,67,71-73,75-79,81-83H,8,10,13,15,17-18,22-25,29-31,35-39H2,1-2H3. The van der Waals surface area contributed by atoms with E-state index in [0.717, 1.165) is 67.6 Å². The van der Waals surface area contributed by atoms with E-state index in [1.807, 2.05) is 48.7 Å². The molecule has 3 saturated carbocycles. The van der Waals surface area contributed by atoms with Gasteiger partial charge in [-0.3, -0.25) is 9.59 Å². The fourth-order valence-corrected chi connectivity index (χ4v) is 16.6.